The molecule has 1 N–H and O–H groups in total. The number of nitrogens with one attached hydrogen (secondary N) is 1. The molecule has 1 aromatic heterocycles. The summed E-state index contributed by atoms with van der Waals surface area (Å²) in [5, 5.41) is 3.59. The van der Waals surface area contributed by atoms with Gasteiger partial charge in [-0.05, 0) is 37.1 Å². The van der Waals surface area contributed by atoms with E-state index >= 15 is 0 Å². The second-order valence-corrected chi connectivity index (χ2v) is 8.37. The molecule has 2 aliphatic rings. The zero-order chi connectivity index (χ0) is 17.4. The van der Waals surface area contributed by atoms with E-state index in [-0.39, 0.29) is 10.8 Å². The van der Waals surface area contributed by atoms with Crippen molar-refractivity contribution < 1.29 is 8.42 Å². The minimum absolute atomic E-state index is 0.109. The molecule has 0 atom stereocenters. The second kappa shape index (κ2) is 6.42. The normalized spacial score (nSPS) is 19.6. The van der Waals surface area contributed by atoms with Gasteiger partial charge in [0.25, 0.3) is 10.0 Å². The third kappa shape index (κ3) is 3.04. The number of rotatable bonds is 2. The first-order valence-corrected chi connectivity index (χ1v) is 10.2. The maximum atomic E-state index is 13.0. The van der Waals surface area contributed by atoms with Crippen LogP contribution in [0.4, 0.5) is 5.69 Å². The summed E-state index contributed by atoms with van der Waals surface area (Å²) in [6.07, 6.45) is 6.93. The topological polar surface area (TPSA) is 71.4 Å². The Morgan fingerprint density at radius 2 is 1.88 bits per heavy atom. The highest BCUT2D eigenvalue weighted by atomic mass is 35.5. The minimum atomic E-state index is -3.84. The summed E-state index contributed by atoms with van der Waals surface area (Å²) < 4.78 is 30.0. The molecule has 1 saturated carbocycles. The molecule has 1 aliphatic carbocycles. The zero-order valence-corrected chi connectivity index (χ0v) is 15.1. The van der Waals surface area contributed by atoms with Gasteiger partial charge in [0.2, 0.25) is 0 Å². The number of pyridine rings is 1. The third-order valence-corrected chi connectivity index (χ3v) is 6.46. The molecule has 2 aromatic rings. The Kier molecular flexibility index (Phi) is 4.25. The van der Waals surface area contributed by atoms with Crippen molar-refractivity contribution in [2.24, 2.45) is 10.3 Å². The van der Waals surface area contributed by atoms with E-state index in [4.69, 9.17) is 11.6 Å². The van der Waals surface area contributed by atoms with Gasteiger partial charge in [0.05, 0.1) is 16.4 Å². The van der Waals surface area contributed by atoms with Gasteiger partial charge >= 0.3 is 0 Å². The number of sulfonamides is 1. The van der Waals surface area contributed by atoms with E-state index < -0.39 is 10.0 Å². The first kappa shape index (κ1) is 16.5. The molecule has 7 heteroatoms. The third-order valence-electron chi connectivity index (χ3n) is 4.77. The van der Waals surface area contributed by atoms with E-state index in [2.05, 4.69) is 14.7 Å². The van der Waals surface area contributed by atoms with Crippen LogP contribution in [0.3, 0.4) is 0 Å². The highest BCUT2D eigenvalue weighted by Gasteiger charge is 2.33. The SMILES string of the molecule is O=S1(=O)N=C(C2CCCCC2)Nc2c(Cl)ccc(-c3ccccn3)c21. The molecule has 0 amide bonds. The average Bonchev–Trinajstić information content (AvgIpc) is 2.63. The Bertz CT molecular complexity index is 936. The van der Waals surface area contributed by atoms with Crippen LogP contribution in [0.15, 0.2) is 45.8 Å². The van der Waals surface area contributed by atoms with E-state index in [0.29, 0.717) is 27.8 Å². The Morgan fingerprint density at radius 3 is 2.60 bits per heavy atom. The van der Waals surface area contributed by atoms with Gasteiger partial charge in [0, 0.05) is 17.7 Å². The van der Waals surface area contributed by atoms with Crippen molar-refractivity contribution in [3.63, 3.8) is 0 Å². The van der Waals surface area contributed by atoms with Gasteiger partial charge in [-0.15, -0.1) is 4.40 Å². The van der Waals surface area contributed by atoms with Crippen molar-refractivity contribution in [1.82, 2.24) is 4.98 Å². The van der Waals surface area contributed by atoms with Gasteiger partial charge in [0.1, 0.15) is 10.7 Å². The van der Waals surface area contributed by atoms with Crippen molar-refractivity contribution in [1.29, 1.82) is 0 Å². The van der Waals surface area contributed by atoms with E-state index in [9.17, 15) is 8.42 Å². The predicted octanol–water partition coefficient (Wildman–Crippen LogP) is 4.50. The lowest BCUT2D eigenvalue weighted by molar-refractivity contribution is 0.439. The summed E-state index contributed by atoms with van der Waals surface area (Å²) in [5.74, 6) is 0.665. The maximum absolute atomic E-state index is 13.0. The van der Waals surface area contributed by atoms with Gasteiger partial charge in [-0.3, -0.25) is 4.98 Å². The van der Waals surface area contributed by atoms with Crippen molar-refractivity contribution in [2.45, 2.75) is 37.0 Å². The number of anilines is 1. The lowest BCUT2D eigenvalue weighted by atomic mass is 9.88. The lowest BCUT2D eigenvalue weighted by Crippen LogP contribution is -2.30. The van der Waals surface area contributed by atoms with Gasteiger partial charge in [-0.25, -0.2) is 0 Å². The Balaban J connectivity index is 1.85. The second-order valence-electron chi connectivity index (χ2n) is 6.43. The molecule has 5 nitrogen and oxygen atoms in total. The largest absolute Gasteiger partial charge is 0.340 e. The summed E-state index contributed by atoms with van der Waals surface area (Å²) in [5.41, 5.74) is 1.51. The zero-order valence-electron chi connectivity index (χ0n) is 13.6. The molecular formula is C18H18ClN3O2S. The molecule has 25 heavy (non-hydrogen) atoms. The number of hydrogen-bond donors (Lipinski definition) is 1. The van der Waals surface area contributed by atoms with E-state index in [1.54, 1.807) is 30.5 Å². The van der Waals surface area contributed by atoms with Crippen LogP contribution >= 0.6 is 11.6 Å². The number of hydrogen-bond acceptors (Lipinski definition) is 4. The molecule has 130 valence electrons. The summed E-state index contributed by atoms with van der Waals surface area (Å²) in [6, 6.07) is 8.78. The van der Waals surface area contributed by atoms with Crippen molar-refractivity contribution in [3.8, 4) is 11.3 Å². The Hall–Kier alpha value is -1.92. The number of fused-ring (bicyclic) bond motifs is 1. The predicted molar refractivity (Wildman–Crippen MR) is 99.5 cm³/mol. The van der Waals surface area contributed by atoms with E-state index in [0.717, 1.165) is 25.7 Å². The molecule has 1 aliphatic heterocycles. The van der Waals surface area contributed by atoms with Crippen LogP contribution < -0.4 is 5.32 Å². The van der Waals surface area contributed by atoms with Crippen LogP contribution in [-0.2, 0) is 10.0 Å². The molecule has 1 aromatic carbocycles. The van der Waals surface area contributed by atoms with Crippen LogP contribution in [0.25, 0.3) is 11.3 Å². The Morgan fingerprint density at radius 1 is 1.08 bits per heavy atom. The van der Waals surface area contributed by atoms with Crippen LogP contribution in [0.5, 0.6) is 0 Å². The maximum Gasteiger partial charge on any atom is 0.286 e. The van der Waals surface area contributed by atoms with E-state index in [1.165, 1.54) is 6.42 Å². The van der Waals surface area contributed by atoms with Crippen LogP contribution in [0, 0.1) is 5.92 Å². The van der Waals surface area contributed by atoms with Crippen molar-refractivity contribution in [3.05, 3.63) is 41.6 Å². The first-order chi connectivity index (χ1) is 12.1. The molecular weight excluding hydrogens is 358 g/mol. The lowest BCUT2D eigenvalue weighted by Gasteiger charge is -2.28. The highest BCUT2D eigenvalue weighted by molar-refractivity contribution is 7.90. The monoisotopic (exact) mass is 375 g/mol. The molecule has 2 heterocycles. The smallest absolute Gasteiger partial charge is 0.286 e. The van der Waals surface area contributed by atoms with Crippen molar-refractivity contribution in [2.75, 3.05) is 5.32 Å². The highest BCUT2D eigenvalue weighted by Crippen LogP contribution is 2.41. The molecule has 0 spiro atoms. The molecule has 4 rings (SSSR count). The summed E-state index contributed by atoms with van der Waals surface area (Å²) in [6.45, 7) is 0. The standard InChI is InChI=1S/C18H18ClN3O2S/c19-14-10-9-13(15-8-4-5-11-20-15)17-16(14)21-18(22-25(17,23)24)12-6-2-1-3-7-12/h4-5,8-12H,1-3,6-7H2,(H,21,22). The quantitative estimate of drug-likeness (QED) is 0.839. The molecule has 0 unspecified atom stereocenters. The Labute approximate surface area is 152 Å². The fourth-order valence-corrected chi connectivity index (χ4v) is 5.22. The van der Waals surface area contributed by atoms with Gasteiger partial charge in [0.15, 0.2) is 0 Å². The number of amidine groups is 1. The summed E-state index contributed by atoms with van der Waals surface area (Å²) in [4.78, 5) is 4.39. The molecule has 0 radical (unpaired) electrons. The fraction of sp³-hybridized carbons (Fsp3) is 0.333. The first-order valence-electron chi connectivity index (χ1n) is 8.42. The van der Waals surface area contributed by atoms with Gasteiger partial charge < -0.3 is 5.32 Å². The van der Waals surface area contributed by atoms with Crippen LogP contribution in [0.2, 0.25) is 5.02 Å². The number of benzene rings is 1. The minimum Gasteiger partial charge on any atom is -0.340 e. The number of nitrogens with zero attached hydrogens (tertiary/aromatic N) is 2. The average molecular weight is 376 g/mol. The number of halogens is 1. The van der Waals surface area contributed by atoms with Gasteiger partial charge in [-0.2, -0.15) is 8.42 Å². The van der Waals surface area contributed by atoms with Crippen molar-refractivity contribution >= 4 is 33.1 Å². The molecule has 0 saturated heterocycles. The van der Waals surface area contributed by atoms with Crippen LogP contribution in [0.1, 0.15) is 32.1 Å². The van der Waals surface area contributed by atoms with Crippen LogP contribution in [-0.4, -0.2) is 19.2 Å². The molecule has 1 fully saturated rings. The molecule has 0 bridgehead atoms. The number of aromatic nitrogens is 1. The fourth-order valence-electron chi connectivity index (χ4n) is 3.55. The van der Waals surface area contributed by atoms with E-state index in [1.807, 2.05) is 6.07 Å². The summed E-state index contributed by atoms with van der Waals surface area (Å²) >= 11 is 6.33. The van der Waals surface area contributed by atoms with Gasteiger partial charge in [-0.1, -0.05) is 36.9 Å². The summed E-state index contributed by atoms with van der Waals surface area (Å²) in [7, 11) is -3.84.